The van der Waals surface area contributed by atoms with Gasteiger partial charge in [-0.15, -0.1) is 0 Å². The first-order chi connectivity index (χ1) is 16.6. The van der Waals surface area contributed by atoms with Crippen molar-refractivity contribution in [2.24, 2.45) is 0 Å². The molecule has 0 aliphatic rings. The largest absolute Gasteiger partial charge is 0.485 e. The van der Waals surface area contributed by atoms with E-state index in [9.17, 15) is 19.2 Å². The Labute approximate surface area is 242 Å². The van der Waals surface area contributed by atoms with Crippen LogP contribution < -0.4 is 0 Å². The summed E-state index contributed by atoms with van der Waals surface area (Å²) in [6.45, 7) is 27.1. The Hall–Kier alpha value is 1.16. The maximum atomic E-state index is 11.5. The lowest BCUT2D eigenvalue weighted by atomic mass is 10.2. The lowest BCUT2D eigenvalue weighted by Crippen LogP contribution is -2.55. The van der Waals surface area contributed by atoms with Crippen molar-refractivity contribution >= 4 is 60.2 Å². The fraction of sp³-hybridized carbons (Fsp3) is 1.00. The van der Waals surface area contributed by atoms with Gasteiger partial charge in [0.1, 0.15) is 0 Å². The molecule has 9 nitrogen and oxygen atoms in total. The molecule has 230 valence electrons. The highest BCUT2D eigenvalue weighted by molar-refractivity contribution is 6.85. The van der Waals surface area contributed by atoms with Gasteiger partial charge in [0.25, 0.3) is 0 Å². The third-order valence-corrected chi connectivity index (χ3v) is 23.4. The summed E-state index contributed by atoms with van der Waals surface area (Å²) >= 11 is 0. The van der Waals surface area contributed by atoms with Crippen LogP contribution in [0.4, 0.5) is 0 Å². The van der Waals surface area contributed by atoms with Gasteiger partial charge in [-0.3, -0.25) is 0 Å². The average molecular weight is 665 g/mol. The van der Waals surface area contributed by atoms with Crippen molar-refractivity contribution in [1.29, 1.82) is 0 Å². The smallest absolute Gasteiger partial charge is 0.438 e. The Balaban J connectivity index is 5.39. The van der Waals surface area contributed by atoms with Crippen LogP contribution >= 0.6 is 0 Å². The molecule has 0 bridgehead atoms. The molecule has 0 saturated carbocycles. The molecule has 0 spiro atoms. The molecule has 2 unspecified atom stereocenters. The van der Waals surface area contributed by atoms with Gasteiger partial charge in [-0.2, -0.15) is 0 Å². The molecule has 0 aromatic rings. The van der Waals surface area contributed by atoms with Crippen molar-refractivity contribution < 1.29 is 40.1 Å². The topological polar surface area (TPSA) is 118 Å². The number of hydrogen-bond donors (Lipinski definition) is 4. The average Bonchev–Trinajstić information content (AvgIpc) is 2.53. The number of quaternary nitrogens is 1. The van der Waals surface area contributed by atoms with Crippen LogP contribution in [-0.4, -0.2) is 111 Å². The Morgan fingerprint density at radius 1 is 0.579 bits per heavy atom. The van der Waals surface area contributed by atoms with E-state index in [4.69, 9.17) is 16.5 Å². The van der Waals surface area contributed by atoms with Gasteiger partial charge in [0, 0.05) is 24.9 Å². The second kappa shape index (κ2) is 15.1. The van der Waals surface area contributed by atoms with Gasteiger partial charge >= 0.3 is 26.9 Å². The molecule has 0 heterocycles. The van der Waals surface area contributed by atoms with Gasteiger partial charge in [0.05, 0.1) is 26.7 Å². The SMILES string of the molecule is C[N+](CCC[SiH](O)O[Si](C)(C)C)(CCC[Si](O)(O)O[Si](C)(C)C)CCC[Si](O)(O[Si](C)(C)C)O[Si](C)(C)C. The molecule has 0 aromatic carbocycles. The van der Waals surface area contributed by atoms with Crippen LogP contribution in [0.5, 0.6) is 0 Å². The van der Waals surface area contributed by atoms with Gasteiger partial charge in [0.2, 0.25) is 0 Å². The molecule has 0 rings (SSSR count). The molecule has 16 heteroatoms. The Morgan fingerprint density at radius 2 is 0.974 bits per heavy atom. The molecule has 0 aliphatic carbocycles. The van der Waals surface area contributed by atoms with Crippen LogP contribution in [0.2, 0.25) is 96.7 Å². The van der Waals surface area contributed by atoms with Gasteiger partial charge in [-0.25, -0.2) is 0 Å². The van der Waals surface area contributed by atoms with Crippen molar-refractivity contribution in [3.05, 3.63) is 0 Å². The minimum absolute atomic E-state index is 0.275. The van der Waals surface area contributed by atoms with Crippen molar-refractivity contribution in [2.45, 2.75) is 116 Å². The van der Waals surface area contributed by atoms with Crippen LogP contribution in [-0.2, 0) is 16.5 Å². The lowest BCUT2D eigenvalue weighted by molar-refractivity contribution is -0.909. The van der Waals surface area contributed by atoms with Crippen molar-refractivity contribution in [1.82, 2.24) is 0 Å². The molecule has 0 radical (unpaired) electrons. The second-order valence-corrected chi connectivity index (χ2v) is 40.6. The first-order valence-electron chi connectivity index (χ1n) is 14.1. The highest BCUT2D eigenvalue weighted by atomic mass is 28.5. The predicted octanol–water partition coefficient (Wildman–Crippen LogP) is 4.08. The molecule has 4 N–H and O–H groups in total. The summed E-state index contributed by atoms with van der Waals surface area (Å²) in [7, 11) is -14.8. The summed E-state index contributed by atoms with van der Waals surface area (Å²) in [4.78, 5) is 43.0. The number of rotatable bonds is 20. The highest BCUT2D eigenvalue weighted by Crippen LogP contribution is 2.25. The number of nitrogens with zero attached hydrogens (tertiary/aromatic N) is 1. The highest BCUT2D eigenvalue weighted by Gasteiger charge is 2.45. The fourth-order valence-electron chi connectivity index (χ4n) is 4.45. The Bertz CT molecular complexity index is 677. The standard InChI is InChI=1S/C22H62NO8Si7/c1-23(17-14-20-32(24)28-33(2,3)4,18-15-21-37(25,26)29-34(5,6)7)19-16-22-38(27,30-35(8,9)10)31-36(11,12)13/h24-27,32H,14-22H2,1-13H3/q+1. The molecule has 0 saturated heterocycles. The molecule has 38 heavy (non-hydrogen) atoms. The van der Waals surface area contributed by atoms with Crippen LogP contribution in [0.3, 0.4) is 0 Å². The zero-order valence-electron chi connectivity index (χ0n) is 26.8. The summed E-state index contributed by atoms with van der Waals surface area (Å²) < 4.78 is 24.9. The predicted molar refractivity (Wildman–Crippen MR) is 174 cm³/mol. The Morgan fingerprint density at radius 3 is 1.37 bits per heavy atom. The van der Waals surface area contributed by atoms with Crippen LogP contribution in [0.1, 0.15) is 19.3 Å². The van der Waals surface area contributed by atoms with Crippen molar-refractivity contribution in [3.63, 3.8) is 0 Å². The van der Waals surface area contributed by atoms with E-state index in [0.717, 1.165) is 37.0 Å². The molecular weight excluding hydrogens is 603 g/mol. The zero-order chi connectivity index (χ0) is 30.3. The molecular formula is C22H62NO8Si7+. The van der Waals surface area contributed by atoms with E-state index in [0.29, 0.717) is 18.5 Å². The maximum absolute atomic E-state index is 11.5. The molecule has 0 fully saturated rings. The normalized spacial score (nSPS) is 17.0. The summed E-state index contributed by atoms with van der Waals surface area (Å²) in [6.07, 6.45) is 2.25. The first kappa shape index (κ1) is 39.2. The monoisotopic (exact) mass is 664 g/mol. The Kier molecular flexibility index (Phi) is 15.5. The molecule has 0 aliphatic heterocycles. The van der Waals surface area contributed by atoms with Crippen molar-refractivity contribution in [2.75, 3.05) is 26.7 Å². The van der Waals surface area contributed by atoms with E-state index in [-0.39, 0.29) is 6.04 Å². The third-order valence-electron chi connectivity index (χ3n) is 5.43. The van der Waals surface area contributed by atoms with E-state index in [1.54, 1.807) is 0 Å². The van der Waals surface area contributed by atoms with Gasteiger partial charge in [0.15, 0.2) is 33.3 Å². The van der Waals surface area contributed by atoms with E-state index < -0.39 is 60.2 Å². The van der Waals surface area contributed by atoms with Gasteiger partial charge in [-0.05, 0) is 91.0 Å². The summed E-state index contributed by atoms with van der Waals surface area (Å²) in [6, 6.07) is 1.49. The molecule has 2 atom stereocenters. The fourth-order valence-corrected chi connectivity index (χ4v) is 23.3. The summed E-state index contributed by atoms with van der Waals surface area (Å²) in [5.41, 5.74) is 0. The summed E-state index contributed by atoms with van der Waals surface area (Å²) in [5.74, 6) is 0. The summed E-state index contributed by atoms with van der Waals surface area (Å²) in [5, 5.41) is 0. The van der Waals surface area contributed by atoms with Gasteiger partial charge < -0.3 is 40.1 Å². The first-order valence-corrected chi connectivity index (χ1v) is 33.5. The zero-order valence-corrected chi connectivity index (χ0v) is 34.0. The van der Waals surface area contributed by atoms with Crippen LogP contribution in [0.25, 0.3) is 0 Å². The molecule has 0 amide bonds. The van der Waals surface area contributed by atoms with E-state index in [2.05, 4.69) is 66.0 Å². The minimum atomic E-state index is -3.69. The van der Waals surface area contributed by atoms with E-state index in [1.807, 2.05) is 19.6 Å². The van der Waals surface area contributed by atoms with Crippen LogP contribution in [0.15, 0.2) is 0 Å². The van der Waals surface area contributed by atoms with Gasteiger partial charge in [-0.1, -0.05) is 0 Å². The third kappa shape index (κ3) is 21.8. The number of hydrogen-bond acceptors (Lipinski definition) is 8. The van der Waals surface area contributed by atoms with E-state index >= 15 is 0 Å². The van der Waals surface area contributed by atoms with Crippen molar-refractivity contribution in [3.8, 4) is 0 Å². The van der Waals surface area contributed by atoms with Crippen LogP contribution in [0, 0.1) is 0 Å². The second-order valence-electron chi connectivity index (χ2n) is 14.9. The van der Waals surface area contributed by atoms with E-state index in [1.165, 1.54) is 0 Å². The lowest BCUT2D eigenvalue weighted by Gasteiger charge is -2.38. The minimum Gasteiger partial charge on any atom is -0.438 e. The maximum Gasteiger partial charge on any atom is 0.485 e. The quantitative estimate of drug-likeness (QED) is 0.114. The molecule has 0 aromatic heterocycles.